The summed E-state index contributed by atoms with van der Waals surface area (Å²) >= 11 is 4.73. The van der Waals surface area contributed by atoms with Gasteiger partial charge in [0.05, 0.1) is 0 Å². The van der Waals surface area contributed by atoms with Gasteiger partial charge in [0, 0.05) is 28.4 Å². The highest BCUT2D eigenvalue weighted by Gasteiger charge is 2.37. The van der Waals surface area contributed by atoms with E-state index in [9.17, 15) is 14.7 Å². The number of nitrogens with zero attached hydrogens (tertiary/aromatic N) is 1. The summed E-state index contributed by atoms with van der Waals surface area (Å²) in [6.07, 6.45) is 0.290. The minimum atomic E-state index is -0.851. The lowest BCUT2D eigenvalue weighted by atomic mass is 10.0. The van der Waals surface area contributed by atoms with Gasteiger partial charge in [-0.25, -0.2) is 4.79 Å². The molecule has 1 aromatic rings. The standard InChI is InChI=1S/C17H22BrNO4S/c1-17(2,3)23-16(22)19-8-7-11(10-19)14(15(20)21)24-13-6-4-5-12(18)9-13/h4-6,9,11,14H,7-8,10H2,1-3H3,(H,20,21)/t11-,14-/m0/s1. The van der Waals surface area contributed by atoms with Crippen molar-refractivity contribution in [2.75, 3.05) is 13.1 Å². The van der Waals surface area contributed by atoms with Crippen LogP contribution in [0.2, 0.25) is 0 Å². The largest absolute Gasteiger partial charge is 0.480 e. The number of halogens is 1. The van der Waals surface area contributed by atoms with Gasteiger partial charge in [0.2, 0.25) is 0 Å². The molecule has 0 unspecified atom stereocenters. The molecule has 0 spiro atoms. The van der Waals surface area contributed by atoms with E-state index in [-0.39, 0.29) is 12.0 Å². The predicted molar refractivity (Wildman–Crippen MR) is 97.3 cm³/mol. The molecular weight excluding hydrogens is 394 g/mol. The average Bonchev–Trinajstić information content (AvgIpc) is 2.92. The number of carbonyl (C=O) groups is 2. The van der Waals surface area contributed by atoms with E-state index in [0.717, 1.165) is 9.37 Å². The molecule has 0 aliphatic carbocycles. The second-order valence-electron chi connectivity index (χ2n) is 6.81. The van der Waals surface area contributed by atoms with Crippen LogP contribution in [0.5, 0.6) is 0 Å². The second-order valence-corrected chi connectivity index (χ2v) is 8.94. The van der Waals surface area contributed by atoms with E-state index in [1.165, 1.54) is 11.8 Å². The summed E-state index contributed by atoms with van der Waals surface area (Å²) in [5, 5.41) is 9.02. The maximum Gasteiger partial charge on any atom is 0.410 e. The molecule has 24 heavy (non-hydrogen) atoms. The van der Waals surface area contributed by atoms with Crippen molar-refractivity contribution in [2.24, 2.45) is 5.92 Å². The molecule has 2 atom stereocenters. The van der Waals surface area contributed by atoms with Crippen LogP contribution in [0.4, 0.5) is 4.79 Å². The van der Waals surface area contributed by atoms with Crippen LogP contribution in [-0.4, -0.2) is 46.0 Å². The molecule has 132 valence electrons. The maximum atomic E-state index is 12.1. The van der Waals surface area contributed by atoms with Gasteiger partial charge in [0.15, 0.2) is 0 Å². The Bertz CT molecular complexity index is 617. The number of carboxylic acids is 1. The van der Waals surface area contributed by atoms with Crippen molar-refractivity contribution in [1.29, 1.82) is 0 Å². The summed E-state index contributed by atoms with van der Waals surface area (Å²) in [6, 6.07) is 7.58. The van der Waals surface area contributed by atoms with Crippen LogP contribution >= 0.6 is 27.7 Å². The molecule has 1 aliphatic rings. The minimum absolute atomic E-state index is 0.0981. The van der Waals surface area contributed by atoms with E-state index >= 15 is 0 Å². The molecule has 1 amide bonds. The highest BCUT2D eigenvalue weighted by molar-refractivity contribution is 9.10. The van der Waals surface area contributed by atoms with Crippen LogP contribution < -0.4 is 0 Å². The molecular formula is C17H22BrNO4S. The van der Waals surface area contributed by atoms with Gasteiger partial charge >= 0.3 is 12.1 Å². The SMILES string of the molecule is CC(C)(C)OC(=O)N1CC[C@H]([C@H](Sc2cccc(Br)c2)C(=O)O)C1. The zero-order chi connectivity index (χ0) is 17.9. The highest BCUT2D eigenvalue weighted by atomic mass is 79.9. The van der Waals surface area contributed by atoms with Crippen LogP contribution in [0.15, 0.2) is 33.6 Å². The van der Waals surface area contributed by atoms with Gasteiger partial charge in [-0.05, 0) is 45.4 Å². The lowest BCUT2D eigenvalue weighted by molar-refractivity contribution is -0.137. The van der Waals surface area contributed by atoms with E-state index in [2.05, 4.69) is 15.9 Å². The number of thioether (sulfide) groups is 1. The molecule has 0 bridgehead atoms. The summed E-state index contributed by atoms with van der Waals surface area (Å²) in [6.45, 7) is 6.40. The Balaban J connectivity index is 2.02. The monoisotopic (exact) mass is 415 g/mol. The first kappa shape index (κ1) is 19.1. The third kappa shape index (κ3) is 5.41. The molecule has 5 nitrogen and oxygen atoms in total. The topological polar surface area (TPSA) is 66.8 Å². The molecule has 0 aromatic heterocycles. The zero-order valence-corrected chi connectivity index (χ0v) is 16.4. The molecule has 7 heteroatoms. The molecule has 2 rings (SSSR count). The fourth-order valence-corrected chi connectivity index (χ4v) is 4.27. The Morgan fingerprint density at radius 3 is 2.71 bits per heavy atom. The maximum absolute atomic E-state index is 12.1. The van der Waals surface area contributed by atoms with E-state index in [0.29, 0.717) is 19.5 Å². The average molecular weight is 416 g/mol. The normalized spacial score (nSPS) is 19.2. The van der Waals surface area contributed by atoms with Gasteiger partial charge in [0.1, 0.15) is 10.9 Å². The van der Waals surface area contributed by atoms with Crippen molar-refractivity contribution in [3.8, 4) is 0 Å². The number of carboxylic acid groups (broad SMARTS) is 1. The van der Waals surface area contributed by atoms with Crippen molar-refractivity contribution >= 4 is 39.8 Å². The highest BCUT2D eigenvalue weighted by Crippen LogP contribution is 2.34. The summed E-state index contributed by atoms with van der Waals surface area (Å²) in [7, 11) is 0. The van der Waals surface area contributed by atoms with Crippen LogP contribution in [0.1, 0.15) is 27.2 Å². The van der Waals surface area contributed by atoms with Crippen molar-refractivity contribution in [2.45, 2.75) is 42.9 Å². The molecule has 1 saturated heterocycles. The Morgan fingerprint density at radius 2 is 2.12 bits per heavy atom. The van der Waals surface area contributed by atoms with E-state index in [1.54, 1.807) is 4.90 Å². The Morgan fingerprint density at radius 1 is 1.42 bits per heavy atom. The smallest absolute Gasteiger partial charge is 0.410 e. The molecule has 1 aliphatic heterocycles. The van der Waals surface area contributed by atoms with Crippen LogP contribution in [0.25, 0.3) is 0 Å². The predicted octanol–water partition coefficient (Wildman–Crippen LogP) is 4.25. The van der Waals surface area contributed by atoms with Gasteiger partial charge < -0.3 is 14.7 Å². The number of likely N-dealkylation sites (tertiary alicyclic amines) is 1. The van der Waals surface area contributed by atoms with Crippen molar-refractivity contribution in [1.82, 2.24) is 4.90 Å². The van der Waals surface area contributed by atoms with E-state index in [1.807, 2.05) is 45.0 Å². The number of amides is 1. The van der Waals surface area contributed by atoms with Gasteiger partial charge in [-0.3, -0.25) is 4.79 Å². The number of hydrogen-bond donors (Lipinski definition) is 1. The van der Waals surface area contributed by atoms with Crippen LogP contribution in [0, 0.1) is 5.92 Å². The molecule has 0 saturated carbocycles. The summed E-state index contributed by atoms with van der Waals surface area (Å²) in [5.41, 5.74) is -0.549. The number of carbonyl (C=O) groups excluding carboxylic acids is 1. The van der Waals surface area contributed by atoms with Crippen molar-refractivity contribution in [3.05, 3.63) is 28.7 Å². The molecule has 1 aromatic carbocycles. The zero-order valence-electron chi connectivity index (χ0n) is 14.0. The van der Waals surface area contributed by atoms with Crippen molar-refractivity contribution in [3.63, 3.8) is 0 Å². The summed E-state index contributed by atoms with van der Waals surface area (Å²) in [4.78, 5) is 26.4. The molecule has 0 radical (unpaired) electrons. The Labute approximate surface area is 154 Å². The fraction of sp³-hybridized carbons (Fsp3) is 0.529. The third-order valence-electron chi connectivity index (χ3n) is 3.61. The van der Waals surface area contributed by atoms with Crippen LogP contribution in [-0.2, 0) is 9.53 Å². The van der Waals surface area contributed by atoms with Crippen LogP contribution in [0.3, 0.4) is 0 Å². The lowest BCUT2D eigenvalue weighted by Gasteiger charge is -2.25. The summed E-state index contributed by atoms with van der Waals surface area (Å²) < 4.78 is 6.29. The fourth-order valence-electron chi connectivity index (χ4n) is 2.56. The first-order chi connectivity index (χ1) is 11.2. The first-order valence-electron chi connectivity index (χ1n) is 7.78. The summed E-state index contributed by atoms with van der Waals surface area (Å²) in [5.74, 6) is -0.949. The molecule has 1 heterocycles. The van der Waals surface area contributed by atoms with Gasteiger partial charge in [-0.15, -0.1) is 11.8 Å². The van der Waals surface area contributed by atoms with E-state index in [4.69, 9.17) is 4.74 Å². The van der Waals surface area contributed by atoms with Crippen molar-refractivity contribution < 1.29 is 19.4 Å². The first-order valence-corrected chi connectivity index (χ1v) is 9.46. The molecule has 1 fully saturated rings. The Hall–Kier alpha value is -1.21. The number of ether oxygens (including phenoxy) is 1. The third-order valence-corrected chi connectivity index (χ3v) is 5.47. The number of benzene rings is 1. The van der Waals surface area contributed by atoms with Gasteiger partial charge in [-0.1, -0.05) is 22.0 Å². The van der Waals surface area contributed by atoms with Gasteiger partial charge in [-0.2, -0.15) is 0 Å². The van der Waals surface area contributed by atoms with Gasteiger partial charge in [0.25, 0.3) is 0 Å². The Kier molecular flexibility index (Phi) is 6.20. The van der Waals surface area contributed by atoms with E-state index < -0.39 is 16.8 Å². The lowest BCUT2D eigenvalue weighted by Crippen LogP contribution is -2.36. The quantitative estimate of drug-likeness (QED) is 0.744. The second kappa shape index (κ2) is 7.78. The number of hydrogen-bond acceptors (Lipinski definition) is 4. The molecule has 1 N–H and O–H groups in total. The minimum Gasteiger partial charge on any atom is -0.480 e. The number of aliphatic carboxylic acids is 1. The number of rotatable bonds is 4.